The van der Waals surface area contributed by atoms with Crippen molar-refractivity contribution >= 4 is 6.21 Å². The SMILES string of the molecule is CCN1CCN(CCC2(N)C=NC(N)=CC2)CC1. The Hall–Kier alpha value is -0.910. The zero-order valence-electron chi connectivity index (χ0n) is 11.3. The zero-order chi connectivity index (χ0) is 13.0. The summed E-state index contributed by atoms with van der Waals surface area (Å²) in [6, 6.07) is 0. The van der Waals surface area contributed by atoms with E-state index >= 15 is 0 Å². The maximum atomic E-state index is 6.31. The molecule has 5 nitrogen and oxygen atoms in total. The average molecular weight is 251 g/mol. The van der Waals surface area contributed by atoms with Gasteiger partial charge in [0.1, 0.15) is 5.82 Å². The largest absolute Gasteiger partial charge is 0.384 e. The minimum absolute atomic E-state index is 0.301. The van der Waals surface area contributed by atoms with E-state index in [0.29, 0.717) is 5.82 Å². The van der Waals surface area contributed by atoms with Gasteiger partial charge < -0.3 is 21.3 Å². The number of likely N-dealkylation sites (N-methyl/N-ethyl adjacent to an activating group) is 1. The minimum atomic E-state index is -0.301. The molecule has 0 aromatic heterocycles. The lowest BCUT2D eigenvalue weighted by Crippen LogP contribution is -2.50. The molecular weight excluding hydrogens is 226 g/mol. The highest BCUT2D eigenvalue weighted by Gasteiger charge is 2.25. The van der Waals surface area contributed by atoms with Crippen molar-refractivity contribution in [1.29, 1.82) is 0 Å². The lowest BCUT2D eigenvalue weighted by Gasteiger charge is -2.36. The smallest absolute Gasteiger partial charge is 0.118 e. The second-order valence-electron chi connectivity index (χ2n) is 5.35. The van der Waals surface area contributed by atoms with Gasteiger partial charge in [0.25, 0.3) is 0 Å². The van der Waals surface area contributed by atoms with Gasteiger partial charge in [0.15, 0.2) is 0 Å². The summed E-state index contributed by atoms with van der Waals surface area (Å²) >= 11 is 0. The molecule has 1 saturated heterocycles. The fourth-order valence-electron chi connectivity index (χ4n) is 2.47. The van der Waals surface area contributed by atoms with E-state index < -0.39 is 0 Å². The summed E-state index contributed by atoms with van der Waals surface area (Å²) in [5, 5.41) is 0. The van der Waals surface area contributed by atoms with Crippen molar-refractivity contribution in [3.05, 3.63) is 11.9 Å². The Morgan fingerprint density at radius 2 is 1.94 bits per heavy atom. The van der Waals surface area contributed by atoms with Crippen LogP contribution >= 0.6 is 0 Å². The first kappa shape index (κ1) is 13.5. The molecule has 4 N–H and O–H groups in total. The third-order valence-electron chi connectivity index (χ3n) is 3.97. The van der Waals surface area contributed by atoms with E-state index in [9.17, 15) is 0 Å². The highest BCUT2D eigenvalue weighted by molar-refractivity contribution is 5.72. The van der Waals surface area contributed by atoms with Crippen LogP contribution in [-0.4, -0.2) is 60.8 Å². The first-order valence-corrected chi connectivity index (χ1v) is 6.86. The summed E-state index contributed by atoms with van der Waals surface area (Å²) < 4.78 is 0. The number of rotatable bonds is 4. The van der Waals surface area contributed by atoms with Gasteiger partial charge in [-0.3, -0.25) is 0 Å². The van der Waals surface area contributed by atoms with Crippen LogP contribution in [0.2, 0.25) is 0 Å². The third kappa shape index (κ3) is 3.54. The van der Waals surface area contributed by atoms with Crippen molar-refractivity contribution in [3.8, 4) is 0 Å². The molecule has 0 aromatic rings. The Balaban J connectivity index is 1.74. The first-order valence-electron chi connectivity index (χ1n) is 6.86. The standard InChI is InChI=1S/C13H25N5/c1-2-17-7-9-18(10-8-17)6-5-13(15)4-3-12(14)16-11-13/h3,11H,2,4-10,14-15H2,1H3. The van der Waals surface area contributed by atoms with Crippen LogP contribution in [0.3, 0.4) is 0 Å². The highest BCUT2D eigenvalue weighted by Crippen LogP contribution is 2.17. The highest BCUT2D eigenvalue weighted by atomic mass is 15.3. The van der Waals surface area contributed by atoms with Gasteiger partial charge in [-0.05, 0) is 25.5 Å². The minimum Gasteiger partial charge on any atom is -0.384 e. The van der Waals surface area contributed by atoms with Crippen LogP contribution in [0, 0.1) is 0 Å². The van der Waals surface area contributed by atoms with Crippen molar-refractivity contribution < 1.29 is 0 Å². The van der Waals surface area contributed by atoms with Gasteiger partial charge in [0, 0.05) is 38.9 Å². The molecule has 0 radical (unpaired) electrons. The molecule has 1 unspecified atom stereocenters. The molecule has 2 heterocycles. The Morgan fingerprint density at radius 3 is 2.50 bits per heavy atom. The molecule has 5 heteroatoms. The monoisotopic (exact) mass is 251 g/mol. The van der Waals surface area contributed by atoms with Crippen LogP contribution in [0.25, 0.3) is 0 Å². The average Bonchev–Trinajstić information content (AvgIpc) is 2.41. The maximum absolute atomic E-state index is 6.31. The second kappa shape index (κ2) is 5.82. The van der Waals surface area contributed by atoms with Gasteiger partial charge in [-0.15, -0.1) is 0 Å². The van der Waals surface area contributed by atoms with Crippen molar-refractivity contribution in [1.82, 2.24) is 9.80 Å². The van der Waals surface area contributed by atoms with E-state index in [2.05, 4.69) is 21.7 Å². The van der Waals surface area contributed by atoms with Crippen LogP contribution < -0.4 is 11.5 Å². The first-order chi connectivity index (χ1) is 8.61. The van der Waals surface area contributed by atoms with E-state index in [1.165, 1.54) is 13.1 Å². The van der Waals surface area contributed by atoms with E-state index in [0.717, 1.165) is 39.0 Å². The Kier molecular flexibility index (Phi) is 4.37. The van der Waals surface area contributed by atoms with Crippen LogP contribution in [0.1, 0.15) is 19.8 Å². The number of hydrogen-bond donors (Lipinski definition) is 2. The molecule has 2 aliphatic rings. The van der Waals surface area contributed by atoms with E-state index in [-0.39, 0.29) is 5.54 Å². The molecule has 0 aromatic carbocycles. The normalized spacial score (nSPS) is 30.4. The molecule has 0 amide bonds. The third-order valence-corrected chi connectivity index (χ3v) is 3.97. The zero-order valence-corrected chi connectivity index (χ0v) is 11.3. The van der Waals surface area contributed by atoms with Gasteiger partial charge in [0.05, 0.1) is 5.54 Å². The molecule has 1 fully saturated rings. The summed E-state index contributed by atoms with van der Waals surface area (Å²) in [7, 11) is 0. The topological polar surface area (TPSA) is 70.9 Å². The molecule has 2 aliphatic heterocycles. The van der Waals surface area contributed by atoms with Gasteiger partial charge in [0.2, 0.25) is 0 Å². The molecule has 0 spiro atoms. The molecule has 0 bridgehead atoms. The van der Waals surface area contributed by atoms with E-state index in [1.807, 2.05) is 12.3 Å². The van der Waals surface area contributed by atoms with Gasteiger partial charge >= 0.3 is 0 Å². The maximum Gasteiger partial charge on any atom is 0.118 e. The molecular formula is C13H25N5. The van der Waals surface area contributed by atoms with Crippen LogP contribution in [0.5, 0.6) is 0 Å². The van der Waals surface area contributed by atoms with Crippen molar-refractivity contribution in [2.75, 3.05) is 39.3 Å². The van der Waals surface area contributed by atoms with Gasteiger partial charge in [-0.2, -0.15) is 0 Å². The molecule has 1 atom stereocenters. The van der Waals surface area contributed by atoms with Crippen LogP contribution in [-0.2, 0) is 0 Å². The second-order valence-corrected chi connectivity index (χ2v) is 5.35. The number of nitrogens with zero attached hydrogens (tertiary/aromatic N) is 3. The lowest BCUT2D eigenvalue weighted by molar-refractivity contribution is 0.132. The summed E-state index contributed by atoms with van der Waals surface area (Å²) in [5.74, 6) is 0.590. The number of hydrogen-bond acceptors (Lipinski definition) is 5. The Labute approximate surface area is 110 Å². The molecule has 18 heavy (non-hydrogen) atoms. The van der Waals surface area contributed by atoms with Gasteiger partial charge in [-0.1, -0.05) is 6.92 Å². The Morgan fingerprint density at radius 1 is 1.28 bits per heavy atom. The van der Waals surface area contributed by atoms with Crippen LogP contribution in [0.4, 0.5) is 0 Å². The molecule has 0 saturated carbocycles. The molecule has 2 rings (SSSR count). The fourth-order valence-corrected chi connectivity index (χ4v) is 2.47. The van der Waals surface area contributed by atoms with E-state index in [4.69, 9.17) is 11.5 Å². The summed E-state index contributed by atoms with van der Waals surface area (Å²) in [6.45, 7) is 9.08. The Bertz CT molecular complexity index is 330. The summed E-state index contributed by atoms with van der Waals surface area (Å²) in [4.78, 5) is 9.12. The predicted molar refractivity (Wildman–Crippen MR) is 75.5 cm³/mol. The number of piperazine rings is 1. The van der Waals surface area contributed by atoms with Crippen molar-refractivity contribution in [3.63, 3.8) is 0 Å². The fraction of sp³-hybridized carbons (Fsp3) is 0.769. The number of nitrogens with two attached hydrogens (primary N) is 2. The molecule has 102 valence electrons. The molecule has 0 aliphatic carbocycles. The predicted octanol–water partition coefficient (Wildman–Crippen LogP) is -0.0139. The lowest BCUT2D eigenvalue weighted by atomic mass is 9.92. The number of aliphatic imine (C=N–C) groups is 1. The van der Waals surface area contributed by atoms with Gasteiger partial charge in [-0.25, -0.2) is 4.99 Å². The quantitative estimate of drug-likeness (QED) is 0.737. The van der Waals surface area contributed by atoms with Crippen molar-refractivity contribution in [2.45, 2.75) is 25.3 Å². The summed E-state index contributed by atoms with van der Waals surface area (Å²) in [6.07, 6.45) is 5.50. The van der Waals surface area contributed by atoms with Crippen molar-refractivity contribution in [2.24, 2.45) is 16.5 Å². The van der Waals surface area contributed by atoms with Crippen LogP contribution in [0.15, 0.2) is 16.9 Å². The summed E-state index contributed by atoms with van der Waals surface area (Å²) in [5.41, 5.74) is 11.6. The van der Waals surface area contributed by atoms with E-state index in [1.54, 1.807) is 0 Å².